The van der Waals surface area contributed by atoms with E-state index in [1.807, 2.05) is 50.2 Å². The summed E-state index contributed by atoms with van der Waals surface area (Å²) in [5.74, 6) is 0.705. The second kappa shape index (κ2) is 6.65. The first-order valence-corrected chi connectivity index (χ1v) is 7.83. The number of nitrogens with one attached hydrogen (secondary N) is 1. The number of nitrogens with zero attached hydrogens (tertiary/aromatic N) is 1. The highest BCUT2D eigenvalue weighted by molar-refractivity contribution is 5.90. The van der Waals surface area contributed by atoms with Gasteiger partial charge in [0.2, 0.25) is 5.91 Å². The lowest BCUT2D eigenvalue weighted by Gasteiger charge is -2.07. The molecule has 3 rings (SSSR count). The topological polar surface area (TPSA) is 55.1 Å². The zero-order chi connectivity index (χ0) is 16.2. The molecule has 1 N–H and O–H groups in total. The van der Waals surface area contributed by atoms with Gasteiger partial charge in [-0.25, -0.2) is 4.98 Å². The number of amides is 1. The minimum absolute atomic E-state index is 0.0195. The summed E-state index contributed by atoms with van der Waals surface area (Å²) in [6, 6.07) is 13.7. The van der Waals surface area contributed by atoms with Crippen LogP contribution >= 0.6 is 0 Å². The van der Waals surface area contributed by atoms with Crippen molar-refractivity contribution in [2.45, 2.75) is 33.1 Å². The number of carbonyl (C=O) groups excluding carboxylic acids is 1. The fourth-order valence-electron chi connectivity index (χ4n) is 2.70. The Kier molecular flexibility index (Phi) is 4.42. The van der Waals surface area contributed by atoms with Crippen LogP contribution in [0.15, 0.2) is 46.9 Å². The van der Waals surface area contributed by atoms with Crippen LogP contribution in [0.5, 0.6) is 0 Å². The molecule has 0 atom stereocenters. The standard InChI is InChI=1S/C19H20N2O2/c1-13-10-14(2)12-15(11-13)20-18(22)8-5-9-19-21-16-6-3-4-7-17(16)23-19/h3-4,6-7,10-12H,5,8-9H2,1-2H3,(H,20,22). The first-order valence-electron chi connectivity index (χ1n) is 7.83. The number of oxazole rings is 1. The molecule has 1 amide bonds. The zero-order valence-electron chi connectivity index (χ0n) is 13.4. The van der Waals surface area contributed by atoms with Gasteiger partial charge in [0.15, 0.2) is 11.5 Å². The Morgan fingerprint density at radius 2 is 1.87 bits per heavy atom. The molecule has 0 saturated heterocycles. The van der Waals surface area contributed by atoms with Gasteiger partial charge in [0.05, 0.1) is 0 Å². The maximum atomic E-state index is 12.0. The highest BCUT2D eigenvalue weighted by atomic mass is 16.3. The van der Waals surface area contributed by atoms with Gasteiger partial charge in [-0.2, -0.15) is 0 Å². The van der Waals surface area contributed by atoms with Crippen molar-refractivity contribution in [3.05, 3.63) is 59.5 Å². The predicted octanol–water partition coefficient (Wildman–Crippen LogP) is 4.41. The number of hydrogen-bond donors (Lipinski definition) is 1. The normalized spacial score (nSPS) is 10.9. The molecule has 2 aromatic carbocycles. The molecule has 4 nitrogen and oxygen atoms in total. The number of carbonyl (C=O) groups is 1. The van der Waals surface area contributed by atoms with Crippen molar-refractivity contribution in [2.75, 3.05) is 5.32 Å². The molecule has 23 heavy (non-hydrogen) atoms. The van der Waals surface area contributed by atoms with Crippen LogP contribution in [-0.2, 0) is 11.2 Å². The van der Waals surface area contributed by atoms with Crippen molar-refractivity contribution in [1.82, 2.24) is 4.98 Å². The van der Waals surface area contributed by atoms with Crippen molar-refractivity contribution in [1.29, 1.82) is 0 Å². The number of fused-ring (bicyclic) bond motifs is 1. The maximum absolute atomic E-state index is 12.0. The molecule has 0 aliphatic heterocycles. The second-order valence-corrected chi connectivity index (χ2v) is 5.85. The molecule has 118 valence electrons. The van der Waals surface area contributed by atoms with Crippen LogP contribution in [0.1, 0.15) is 29.9 Å². The van der Waals surface area contributed by atoms with Gasteiger partial charge in [-0.05, 0) is 55.7 Å². The smallest absolute Gasteiger partial charge is 0.224 e. The monoisotopic (exact) mass is 308 g/mol. The Morgan fingerprint density at radius 1 is 1.13 bits per heavy atom. The van der Waals surface area contributed by atoms with E-state index in [0.717, 1.165) is 27.9 Å². The lowest BCUT2D eigenvalue weighted by atomic mass is 10.1. The Morgan fingerprint density at radius 3 is 2.61 bits per heavy atom. The number of hydrogen-bond acceptors (Lipinski definition) is 3. The van der Waals surface area contributed by atoms with Gasteiger partial charge in [0.1, 0.15) is 5.52 Å². The van der Waals surface area contributed by atoms with Crippen LogP contribution in [0, 0.1) is 13.8 Å². The number of aromatic nitrogens is 1. The maximum Gasteiger partial charge on any atom is 0.224 e. The van der Waals surface area contributed by atoms with E-state index in [1.165, 1.54) is 0 Å². The van der Waals surface area contributed by atoms with Crippen LogP contribution in [0.4, 0.5) is 5.69 Å². The summed E-state index contributed by atoms with van der Waals surface area (Å²) in [5.41, 5.74) is 4.80. The van der Waals surface area contributed by atoms with Crippen LogP contribution in [0.2, 0.25) is 0 Å². The number of para-hydroxylation sites is 2. The van der Waals surface area contributed by atoms with E-state index >= 15 is 0 Å². The summed E-state index contributed by atoms with van der Waals surface area (Å²) >= 11 is 0. The minimum Gasteiger partial charge on any atom is -0.441 e. The van der Waals surface area contributed by atoms with Crippen molar-refractivity contribution in [3.8, 4) is 0 Å². The van der Waals surface area contributed by atoms with Crippen molar-refractivity contribution >= 4 is 22.7 Å². The molecule has 0 fully saturated rings. The summed E-state index contributed by atoms with van der Waals surface area (Å²) in [7, 11) is 0. The van der Waals surface area contributed by atoms with E-state index in [2.05, 4.69) is 16.4 Å². The summed E-state index contributed by atoms with van der Waals surface area (Å²) < 4.78 is 5.66. The SMILES string of the molecule is Cc1cc(C)cc(NC(=O)CCCc2nc3ccccc3o2)c1. The molecule has 0 spiro atoms. The Hall–Kier alpha value is -2.62. The molecule has 1 aromatic heterocycles. The average Bonchev–Trinajstić information content (AvgIpc) is 2.88. The highest BCUT2D eigenvalue weighted by Crippen LogP contribution is 2.17. The fourth-order valence-corrected chi connectivity index (χ4v) is 2.70. The van der Waals surface area contributed by atoms with E-state index in [0.29, 0.717) is 25.2 Å². The number of anilines is 1. The van der Waals surface area contributed by atoms with Gasteiger partial charge in [-0.1, -0.05) is 18.2 Å². The summed E-state index contributed by atoms with van der Waals surface area (Å²) in [5, 5.41) is 2.95. The van der Waals surface area contributed by atoms with Crippen molar-refractivity contribution in [3.63, 3.8) is 0 Å². The number of aryl methyl sites for hydroxylation is 3. The largest absolute Gasteiger partial charge is 0.441 e. The van der Waals surface area contributed by atoms with Gasteiger partial charge in [0, 0.05) is 18.5 Å². The van der Waals surface area contributed by atoms with Crippen LogP contribution in [0.3, 0.4) is 0 Å². The summed E-state index contributed by atoms with van der Waals surface area (Å²) in [6.07, 6.45) is 1.82. The minimum atomic E-state index is 0.0195. The van der Waals surface area contributed by atoms with Crippen LogP contribution in [-0.4, -0.2) is 10.9 Å². The molecule has 4 heteroatoms. The summed E-state index contributed by atoms with van der Waals surface area (Å²) in [4.78, 5) is 16.5. The number of benzene rings is 2. The van der Waals surface area contributed by atoms with E-state index in [4.69, 9.17) is 4.42 Å². The Bertz CT molecular complexity index is 783. The quantitative estimate of drug-likeness (QED) is 0.759. The lowest BCUT2D eigenvalue weighted by molar-refractivity contribution is -0.116. The molecular weight excluding hydrogens is 288 g/mol. The van der Waals surface area contributed by atoms with Gasteiger partial charge < -0.3 is 9.73 Å². The zero-order valence-corrected chi connectivity index (χ0v) is 13.4. The first kappa shape index (κ1) is 15.3. The third-order valence-corrected chi connectivity index (χ3v) is 3.64. The molecule has 0 saturated carbocycles. The van der Waals surface area contributed by atoms with Crippen molar-refractivity contribution < 1.29 is 9.21 Å². The van der Waals surface area contributed by atoms with Crippen LogP contribution in [0.25, 0.3) is 11.1 Å². The fraction of sp³-hybridized carbons (Fsp3) is 0.263. The molecule has 0 radical (unpaired) electrons. The summed E-state index contributed by atoms with van der Waals surface area (Å²) in [6.45, 7) is 4.05. The molecular formula is C19H20N2O2. The van der Waals surface area contributed by atoms with Gasteiger partial charge in [-0.15, -0.1) is 0 Å². The van der Waals surface area contributed by atoms with E-state index in [-0.39, 0.29) is 5.91 Å². The molecule has 1 heterocycles. The van der Waals surface area contributed by atoms with E-state index in [1.54, 1.807) is 0 Å². The second-order valence-electron chi connectivity index (χ2n) is 5.85. The third-order valence-electron chi connectivity index (χ3n) is 3.64. The predicted molar refractivity (Wildman–Crippen MR) is 91.5 cm³/mol. The molecule has 3 aromatic rings. The lowest BCUT2D eigenvalue weighted by Crippen LogP contribution is -2.11. The molecule has 0 aliphatic carbocycles. The highest BCUT2D eigenvalue weighted by Gasteiger charge is 2.07. The van der Waals surface area contributed by atoms with Crippen molar-refractivity contribution in [2.24, 2.45) is 0 Å². The van der Waals surface area contributed by atoms with Gasteiger partial charge in [-0.3, -0.25) is 4.79 Å². The third kappa shape index (κ3) is 3.97. The molecule has 0 unspecified atom stereocenters. The Balaban J connectivity index is 1.52. The van der Waals surface area contributed by atoms with E-state index < -0.39 is 0 Å². The Labute approximate surface area is 135 Å². The van der Waals surface area contributed by atoms with E-state index in [9.17, 15) is 4.79 Å². The molecule has 0 aliphatic rings. The number of rotatable bonds is 5. The van der Waals surface area contributed by atoms with Crippen LogP contribution < -0.4 is 5.32 Å². The van der Waals surface area contributed by atoms with Gasteiger partial charge >= 0.3 is 0 Å². The average molecular weight is 308 g/mol. The first-order chi connectivity index (χ1) is 11.1. The van der Waals surface area contributed by atoms with Gasteiger partial charge in [0.25, 0.3) is 0 Å². The molecule has 0 bridgehead atoms.